The van der Waals surface area contributed by atoms with Gasteiger partial charge in [0.05, 0.1) is 0 Å². The monoisotopic (exact) mass is 281 g/mol. The molecule has 0 amide bonds. The van der Waals surface area contributed by atoms with Crippen LogP contribution in [0.5, 0.6) is 0 Å². The smallest absolute Gasteiger partial charge is 0.208 e. The van der Waals surface area contributed by atoms with E-state index in [1.54, 1.807) is 11.8 Å². The molecule has 0 radical (unpaired) electrons. The van der Waals surface area contributed by atoms with Crippen molar-refractivity contribution >= 4 is 11.8 Å². The Morgan fingerprint density at radius 2 is 1.50 bits per heavy atom. The lowest BCUT2D eigenvalue weighted by Crippen LogP contribution is -1.90. The fraction of sp³-hybridized carbons (Fsp3) is 0.125. The van der Waals surface area contributed by atoms with Gasteiger partial charge >= 0.3 is 0 Å². The maximum Gasteiger partial charge on any atom is 0.208 e. The molecule has 3 rings (SSSR count). The summed E-state index contributed by atoms with van der Waals surface area (Å²) in [5.74, 6) is 1.80. The van der Waals surface area contributed by atoms with Gasteiger partial charge in [0.1, 0.15) is 5.82 Å². The van der Waals surface area contributed by atoms with Crippen LogP contribution in [0.1, 0.15) is 17.0 Å². The molecule has 0 saturated heterocycles. The highest BCUT2D eigenvalue weighted by Gasteiger charge is 2.05. The molecule has 3 nitrogen and oxygen atoms in total. The number of benzene rings is 2. The molecule has 0 spiro atoms. The fourth-order valence-corrected chi connectivity index (χ4v) is 2.71. The fourth-order valence-electron chi connectivity index (χ4n) is 1.93. The van der Waals surface area contributed by atoms with E-state index in [0.717, 1.165) is 23.2 Å². The van der Waals surface area contributed by atoms with E-state index < -0.39 is 0 Å². The number of hydrogen-bond donors (Lipinski definition) is 1. The Labute approximate surface area is 122 Å². The topological polar surface area (TPSA) is 41.6 Å². The van der Waals surface area contributed by atoms with Crippen LogP contribution in [0, 0.1) is 0 Å². The Kier molecular flexibility index (Phi) is 4.13. The first-order chi connectivity index (χ1) is 9.90. The van der Waals surface area contributed by atoms with Gasteiger partial charge < -0.3 is 0 Å². The molecule has 0 saturated carbocycles. The van der Waals surface area contributed by atoms with Crippen LogP contribution in [0.15, 0.2) is 65.8 Å². The van der Waals surface area contributed by atoms with E-state index in [4.69, 9.17) is 0 Å². The second-order valence-corrected chi connectivity index (χ2v) is 5.44. The Hall–Kier alpha value is -2.07. The van der Waals surface area contributed by atoms with Crippen molar-refractivity contribution < 1.29 is 0 Å². The summed E-state index contributed by atoms with van der Waals surface area (Å²) in [4.78, 5) is 4.52. The molecular formula is C16H15N3S. The average Bonchev–Trinajstić information content (AvgIpc) is 2.95. The van der Waals surface area contributed by atoms with E-state index in [-0.39, 0.29) is 0 Å². The first-order valence-electron chi connectivity index (χ1n) is 6.52. The molecule has 0 bridgehead atoms. The number of thioether (sulfide) groups is 1. The lowest BCUT2D eigenvalue weighted by Gasteiger charge is -1.97. The summed E-state index contributed by atoms with van der Waals surface area (Å²) >= 11 is 1.65. The van der Waals surface area contributed by atoms with Crippen LogP contribution >= 0.6 is 11.8 Å². The summed E-state index contributed by atoms with van der Waals surface area (Å²) in [7, 11) is 0. The van der Waals surface area contributed by atoms with Crippen molar-refractivity contribution in [1.82, 2.24) is 15.2 Å². The molecule has 0 aliphatic carbocycles. The molecule has 2 aromatic carbocycles. The standard InChI is InChI=1S/C16H15N3S/c1-3-7-13(8-4-1)11-15-17-16(19-18-15)20-12-14-9-5-2-6-10-14/h1-10H,11-12H2,(H,17,18,19). The maximum absolute atomic E-state index is 4.52. The van der Waals surface area contributed by atoms with Gasteiger partial charge in [-0.3, -0.25) is 5.10 Å². The zero-order chi connectivity index (χ0) is 13.6. The molecule has 0 fully saturated rings. The van der Waals surface area contributed by atoms with Gasteiger partial charge in [-0.25, -0.2) is 4.98 Å². The van der Waals surface area contributed by atoms with Crippen molar-refractivity contribution in [1.29, 1.82) is 0 Å². The SMILES string of the molecule is c1ccc(CSc2n[nH]c(Cc3ccccc3)n2)cc1. The molecule has 1 aromatic heterocycles. The summed E-state index contributed by atoms with van der Waals surface area (Å²) in [6.45, 7) is 0. The van der Waals surface area contributed by atoms with Crippen LogP contribution in [0.25, 0.3) is 0 Å². The van der Waals surface area contributed by atoms with Crippen LogP contribution in [-0.2, 0) is 12.2 Å². The highest BCUT2D eigenvalue weighted by atomic mass is 32.2. The first-order valence-corrected chi connectivity index (χ1v) is 7.50. The molecule has 0 aliphatic rings. The molecule has 3 aromatic rings. The van der Waals surface area contributed by atoms with Crippen molar-refractivity contribution in [3.8, 4) is 0 Å². The third kappa shape index (κ3) is 3.48. The number of nitrogens with zero attached hydrogens (tertiary/aromatic N) is 2. The number of nitrogens with one attached hydrogen (secondary N) is 1. The third-order valence-corrected chi connectivity index (χ3v) is 3.85. The molecular weight excluding hydrogens is 266 g/mol. The van der Waals surface area contributed by atoms with Gasteiger partial charge in [0.15, 0.2) is 0 Å². The lowest BCUT2D eigenvalue weighted by molar-refractivity contribution is 0.956. The molecule has 1 heterocycles. The van der Waals surface area contributed by atoms with Crippen LogP contribution in [0.3, 0.4) is 0 Å². The first kappa shape index (κ1) is 12.9. The summed E-state index contributed by atoms with van der Waals surface area (Å²) in [5, 5.41) is 8.07. The molecule has 0 atom stereocenters. The highest BCUT2D eigenvalue weighted by Crippen LogP contribution is 2.19. The van der Waals surface area contributed by atoms with Gasteiger partial charge in [0.25, 0.3) is 0 Å². The predicted molar refractivity (Wildman–Crippen MR) is 81.6 cm³/mol. The van der Waals surface area contributed by atoms with Crippen LogP contribution in [0.2, 0.25) is 0 Å². The number of hydrogen-bond acceptors (Lipinski definition) is 3. The Morgan fingerprint density at radius 1 is 0.850 bits per heavy atom. The minimum Gasteiger partial charge on any atom is -0.262 e. The number of rotatable bonds is 5. The van der Waals surface area contributed by atoms with Gasteiger partial charge in [-0.05, 0) is 11.1 Å². The molecule has 20 heavy (non-hydrogen) atoms. The largest absolute Gasteiger partial charge is 0.262 e. The van der Waals surface area contributed by atoms with Gasteiger partial charge in [0, 0.05) is 12.2 Å². The zero-order valence-corrected chi connectivity index (χ0v) is 11.8. The summed E-state index contributed by atoms with van der Waals surface area (Å²) in [6.07, 6.45) is 0.791. The minimum atomic E-state index is 0.791. The summed E-state index contributed by atoms with van der Waals surface area (Å²) in [6, 6.07) is 20.6. The van der Waals surface area contributed by atoms with E-state index in [9.17, 15) is 0 Å². The summed E-state index contributed by atoms with van der Waals surface area (Å²) < 4.78 is 0. The summed E-state index contributed by atoms with van der Waals surface area (Å²) in [5.41, 5.74) is 2.52. The Bertz CT molecular complexity index is 650. The number of H-pyrrole nitrogens is 1. The van der Waals surface area contributed by atoms with E-state index in [1.807, 2.05) is 24.3 Å². The molecule has 4 heteroatoms. The highest BCUT2D eigenvalue weighted by molar-refractivity contribution is 7.98. The van der Waals surface area contributed by atoms with E-state index in [1.165, 1.54) is 11.1 Å². The van der Waals surface area contributed by atoms with Crippen LogP contribution < -0.4 is 0 Å². The van der Waals surface area contributed by atoms with Gasteiger partial charge in [-0.2, -0.15) is 0 Å². The predicted octanol–water partition coefficient (Wildman–Crippen LogP) is 3.69. The van der Waals surface area contributed by atoms with Crippen molar-refractivity contribution in [2.45, 2.75) is 17.3 Å². The van der Waals surface area contributed by atoms with E-state index >= 15 is 0 Å². The van der Waals surface area contributed by atoms with Crippen molar-refractivity contribution in [3.63, 3.8) is 0 Å². The quantitative estimate of drug-likeness (QED) is 0.725. The molecule has 100 valence electrons. The average molecular weight is 281 g/mol. The Balaban J connectivity index is 1.60. The minimum absolute atomic E-state index is 0.791. The van der Waals surface area contributed by atoms with Crippen molar-refractivity contribution in [2.24, 2.45) is 0 Å². The molecule has 1 N–H and O–H groups in total. The van der Waals surface area contributed by atoms with Crippen LogP contribution in [0.4, 0.5) is 0 Å². The van der Waals surface area contributed by atoms with Gasteiger partial charge in [-0.1, -0.05) is 72.4 Å². The number of aromatic amines is 1. The van der Waals surface area contributed by atoms with Gasteiger partial charge in [0.2, 0.25) is 5.16 Å². The zero-order valence-electron chi connectivity index (χ0n) is 11.0. The Morgan fingerprint density at radius 3 is 2.20 bits per heavy atom. The van der Waals surface area contributed by atoms with Crippen molar-refractivity contribution in [2.75, 3.05) is 0 Å². The van der Waals surface area contributed by atoms with E-state index in [2.05, 4.69) is 51.6 Å². The lowest BCUT2D eigenvalue weighted by atomic mass is 10.1. The molecule has 0 unspecified atom stereocenters. The second-order valence-electron chi connectivity index (χ2n) is 4.50. The third-order valence-electron chi connectivity index (χ3n) is 2.94. The van der Waals surface area contributed by atoms with E-state index in [0.29, 0.717) is 0 Å². The maximum atomic E-state index is 4.52. The van der Waals surface area contributed by atoms with Gasteiger partial charge in [-0.15, -0.1) is 5.10 Å². The normalized spacial score (nSPS) is 10.6. The molecule has 0 aliphatic heterocycles. The number of aromatic nitrogens is 3. The van der Waals surface area contributed by atoms with Crippen LogP contribution in [-0.4, -0.2) is 15.2 Å². The van der Waals surface area contributed by atoms with Crippen molar-refractivity contribution in [3.05, 3.63) is 77.6 Å². The second kappa shape index (κ2) is 6.39.